The SMILES string of the molecule is CCCNC(=O)N1CCCCC1C(F)(F)F. The van der Waals surface area contributed by atoms with Crippen LogP contribution in [0.2, 0.25) is 0 Å². The summed E-state index contributed by atoms with van der Waals surface area (Å²) in [6.45, 7) is 2.47. The molecule has 1 aliphatic rings. The number of hydrogen-bond acceptors (Lipinski definition) is 1. The summed E-state index contributed by atoms with van der Waals surface area (Å²) in [6.07, 6.45) is -2.41. The summed E-state index contributed by atoms with van der Waals surface area (Å²) in [5, 5.41) is 2.49. The molecule has 2 amide bonds. The molecule has 0 bridgehead atoms. The van der Waals surface area contributed by atoms with Crippen LogP contribution in [0.1, 0.15) is 32.6 Å². The Bertz CT molecular complexity index is 243. The number of halogens is 3. The molecule has 1 N–H and O–H groups in total. The third-order valence-electron chi connectivity index (χ3n) is 2.67. The Balaban J connectivity index is 2.63. The van der Waals surface area contributed by atoms with Crippen molar-refractivity contribution in [2.45, 2.75) is 44.8 Å². The third kappa shape index (κ3) is 3.28. The van der Waals surface area contributed by atoms with Crippen molar-refractivity contribution in [1.82, 2.24) is 10.2 Å². The minimum absolute atomic E-state index is 0.0169. The van der Waals surface area contributed by atoms with Crippen LogP contribution in [0.5, 0.6) is 0 Å². The Hall–Kier alpha value is -0.940. The number of rotatable bonds is 2. The average Bonchev–Trinajstić information content (AvgIpc) is 2.24. The van der Waals surface area contributed by atoms with Gasteiger partial charge in [-0.15, -0.1) is 0 Å². The van der Waals surface area contributed by atoms with E-state index in [2.05, 4.69) is 5.32 Å². The molecule has 6 heteroatoms. The molecule has 0 spiro atoms. The lowest BCUT2D eigenvalue weighted by Gasteiger charge is -2.36. The largest absolute Gasteiger partial charge is 0.408 e. The van der Waals surface area contributed by atoms with Crippen LogP contribution in [-0.4, -0.2) is 36.2 Å². The van der Waals surface area contributed by atoms with Crippen molar-refractivity contribution in [3.63, 3.8) is 0 Å². The lowest BCUT2D eigenvalue weighted by molar-refractivity contribution is -0.182. The van der Waals surface area contributed by atoms with Gasteiger partial charge in [-0.2, -0.15) is 13.2 Å². The van der Waals surface area contributed by atoms with Gasteiger partial charge in [0.25, 0.3) is 0 Å². The molecule has 16 heavy (non-hydrogen) atoms. The van der Waals surface area contributed by atoms with Crippen LogP contribution in [0, 0.1) is 0 Å². The van der Waals surface area contributed by atoms with Gasteiger partial charge in [-0.3, -0.25) is 0 Å². The van der Waals surface area contributed by atoms with Crippen LogP contribution in [0.25, 0.3) is 0 Å². The Morgan fingerprint density at radius 3 is 2.69 bits per heavy atom. The summed E-state index contributed by atoms with van der Waals surface area (Å²) in [4.78, 5) is 12.4. The second-order valence-corrected chi connectivity index (χ2v) is 3.98. The number of amides is 2. The molecule has 0 aromatic carbocycles. The number of hydrogen-bond donors (Lipinski definition) is 1. The summed E-state index contributed by atoms with van der Waals surface area (Å²) in [7, 11) is 0. The highest BCUT2D eigenvalue weighted by Crippen LogP contribution is 2.31. The van der Waals surface area contributed by atoms with E-state index in [1.165, 1.54) is 0 Å². The molecule has 0 aliphatic carbocycles. The predicted molar refractivity (Wildman–Crippen MR) is 54.1 cm³/mol. The Kier molecular flexibility index (Phi) is 4.44. The molecule has 1 unspecified atom stereocenters. The van der Waals surface area contributed by atoms with Gasteiger partial charge in [-0.25, -0.2) is 4.79 Å². The van der Waals surface area contributed by atoms with Gasteiger partial charge in [-0.05, 0) is 25.7 Å². The lowest BCUT2D eigenvalue weighted by atomic mass is 10.0. The van der Waals surface area contributed by atoms with Crippen molar-refractivity contribution in [3.8, 4) is 0 Å². The zero-order valence-electron chi connectivity index (χ0n) is 9.31. The minimum atomic E-state index is -4.32. The molecule has 0 aromatic rings. The standard InChI is InChI=1S/C10H17F3N2O/c1-2-6-14-9(16)15-7-4-3-5-8(15)10(11,12)13/h8H,2-7H2,1H3,(H,14,16). The fourth-order valence-corrected chi connectivity index (χ4v) is 1.85. The number of nitrogens with zero attached hydrogens (tertiary/aromatic N) is 1. The van der Waals surface area contributed by atoms with Crippen molar-refractivity contribution in [2.24, 2.45) is 0 Å². The predicted octanol–water partition coefficient (Wildman–Crippen LogP) is 2.52. The third-order valence-corrected chi connectivity index (χ3v) is 2.67. The van der Waals surface area contributed by atoms with Gasteiger partial charge >= 0.3 is 12.2 Å². The summed E-state index contributed by atoms with van der Waals surface area (Å²) < 4.78 is 38.0. The first-order valence-electron chi connectivity index (χ1n) is 5.58. The normalized spacial score (nSPS) is 22.0. The molecule has 0 radical (unpaired) electrons. The maximum Gasteiger partial charge on any atom is 0.408 e. The second kappa shape index (κ2) is 5.41. The first-order valence-corrected chi connectivity index (χ1v) is 5.58. The van der Waals surface area contributed by atoms with Crippen LogP contribution in [0.3, 0.4) is 0 Å². The average molecular weight is 238 g/mol. The van der Waals surface area contributed by atoms with Crippen LogP contribution in [-0.2, 0) is 0 Å². The number of urea groups is 1. The number of likely N-dealkylation sites (tertiary alicyclic amines) is 1. The Labute approximate surface area is 93.0 Å². The summed E-state index contributed by atoms with van der Waals surface area (Å²) >= 11 is 0. The van der Waals surface area contributed by atoms with Gasteiger partial charge in [0.05, 0.1) is 0 Å². The van der Waals surface area contributed by atoms with Crippen LogP contribution < -0.4 is 5.32 Å². The lowest BCUT2D eigenvalue weighted by Crippen LogP contribution is -2.54. The summed E-state index contributed by atoms with van der Waals surface area (Å²) in [5.74, 6) is 0. The van der Waals surface area contributed by atoms with Crippen molar-refractivity contribution < 1.29 is 18.0 Å². The molecule has 1 fully saturated rings. The smallest absolute Gasteiger partial charge is 0.338 e. The molecule has 1 rings (SSSR count). The van der Waals surface area contributed by atoms with Gasteiger partial charge in [0.15, 0.2) is 0 Å². The minimum Gasteiger partial charge on any atom is -0.338 e. The summed E-state index contributed by atoms with van der Waals surface area (Å²) in [6, 6.07) is -2.21. The number of piperidine rings is 1. The van der Waals surface area contributed by atoms with Gasteiger partial charge in [-0.1, -0.05) is 6.92 Å². The van der Waals surface area contributed by atoms with E-state index in [-0.39, 0.29) is 13.0 Å². The number of carbonyl (C=O) groups is 1. The molecule has 1 saturated heterocycles. The molecule has 0 saturated carbocycles. The van der Waals surface area contributed by atoms with Crippen molar-refractivity contribution in [3.05, 3.63) is 0 Å². The molecule has 1 aliphatic heterocycles. The van der Waals surface area contributed by atoms with Crippen molar-refractivity contribution in [2.75, 3.05) is 13.1 Å². The maximum absolute atomic E-state index is 12.7. The number of nitrogens with one attached hydrogen (secondary N) is 1. The van der Waals surface area contributed by atoms with Crippen molar-refractivity contribution >= 4 is 6.03 Å². The molecule has 1 atom stereocenters. The quantitative estimate of drug-likeness (QED) is 0.787. The van der Waals surface area contributed by atoms with E-state index in [1.807, 2.05) is 6.92 Å². The summed E-state index contributed by atoms with van der Waals surface area (Å²) in [5.41, 5.74) is 0. The second-order valence-electron chi connectivity index (χ2n) is 3.98. The van der Waals surface area contributed by atoms with Gasteiger partial charge in [0.2, 0.25) is 0 Å². The van der Waals surface area contributed by atoms with Crippen LogP contribution in [0.15, 0.2) is 0 Å². The molecule has 3 nitrogen and oxygen atoms in total. The van der Waals surface area contributed by atoms with E-state index in [4.69, 9.17) is 0 Å². The van der Waals surface area contributed by atoms with E-state index in [9.17, 15) is 18.0 Å². The topological polar surface area (TPSA) is 32.3 Å². The Morgan fingerprint density at radius 2 is 2.12 bits per heavy atom. The maximum atomic E-state index is 12.7. The van der Waals surface area contributed by atoms with E-state index in [0.717, 1.165) is 11.3 Å². The molecule has 0 aromatic heterocycles. The molecular formula is C10H17F3N2O. The van der Waals surface area contributed by atoms with E-state index >= 15 is 0 Å². The number of carbonyl (C=O) groups excluding carboxylic acids is 1. The van der Waals surface area contributed by atoms with Crippen LogP contribution in [0.4, 0.5) is 18.0 Å². The fraction of sp³-hybridized carbons (Fsp3) is 0.900. The zero-order valence-corrected chi connectivity index (χ0v) is 9.31. The first kappa shape index (κ1) is 13.1. The van der Waals surface area contributed by atoms with E-state index < -0.39 is 18.2 Å². The first-order chi connectivity index (χ1) is 7.46. The van der Waals surface area contributed by atoms with Crippen LogP contribution >= 0.6 is 0 Å². The molecule has 1 heterocycles. The molecular weight excluding hydrogens is 221 g/mol. The number of alkyl halides is 3. The zero-order chi connectivity index (χ0) is 12.2. The van der Waals surface area contributed by atoms with E-state index in [1.54, 1.807) is 0 Å². The van der Waals surface area contributed by atoms with Gasteiger partial charge in [0, 0.05) is 13.1 Å². The van der Waals surface area contributed by atoms with Gasteiger partial charge < -0.3 is 10.2 Å². The highest BCUT2D eigenvalue weighted by atomic mass is 19.4. The van der Waals surface area contributed by atoms with Gasteiger partial charge in [0.1, 0.15) is 6.04 Å². The highest BCUT2D eigenvalue weighted by Gasteiger charge is 2.46. The highest BCUT2D eigenvalue weighted by molar-refractivity contribution is 5.74. The molecule has 94 valence electrons. The van der Waals surface area contributed by atoms with Crippen molar-refractivity contribution in [1.29, 1.82) is 0 Å². The Morgan fingerprint density at radius 1 is 1.44 bits per heavy atom. The van der Waals surface area contributed by atoms with E-state index in [0.29, 0.717) is 19.4 Å². The monoisotopic (exact) mass is 238 g/mol. The fourth-order valence-electron chi connectivity index (χ4n) is 1.85.